The Hall–Kier alpha value is -1.18. The zero-order valence-corrected chi connectivity index (χ0v) is 14.9. The van der Waals surface area contributed by atoms with Gasteiger partial charge in [0, 0.05) is 16.6 Å². The molecule has 2 aromatic heterocycles. The monoisotopic (exact) mass is 428 g/mol. The minimum absolute atomic E-state index is 0.148. The third-order valence-corrected chi connectivity index (χ3v) is 6.12. The van der Waals surface area contributed by atoms with Crippen LogP contribution < -0.4 is 5.32 Å². The van der Waals surface area contributed by atoms with E-state index in [1.807, 2.05) is 25.1 Å². The minimum atomic E-state index is -0.148. The second kappa shape index (κ2) is 5.90. The fourth-order valence-corrected chi connectivity index (χ4v) is 3.79. The number of hydrogen-bond donors (Lipinski definition) is 1. The summed E-state index contributed by atoms with van der Waals surface area (Å²) in [7, 11) is 0. The zero-order chi connectivity index (χ0) is 15.0. The summed E-state index contributed by atoms with van der Waals surface area (Å²) in [5.41, 5.74) is 2.17. The normalized spacial score (nSPS) is 11.0. The molecule has 1 amide bonds. The van der Waals surface area contributed by atoms with Crippen molar-refractivity contribution in [1.82, 2.24) is 4.98 Å². The summed E-state index contributed by atoms with van der Waals surface area (Å²) in [5.74, 6) is 0.546. The lowest BCUT2D eigenvalue weighted by atomic mass is 10.3. The highest BCUT2D eigenvalue weighted by molar-refractivity contribution is 9.13. The number of oxazole rings is 1. The molecule has 108 valence electrons. The van der Waals surface area contributed by atoms with E-state index in [-0.39, 0.29) is 5.91 Å². The topological polar surface area (TPSA) is 55.1 Å². The first-order valence-electron chi connectivity index (χ1n) is 6.22. The molecular weight excluding hydrogens is 420 g/mol. The van der Waals surface area contributed by atoms with Gasteiger partial charge in [0.25, 0.3) is 5.91 Å². The smallest absolute Gasteiger partial charge is 0.265 e. The Labute approximate surface area is 141 Å². The molecule has 0 unspecified atom stereocenters. The van der Waals surface area contributed by atoms with Crippen molar-refractivity contribution in [2.24, 2.45) is 0 Å². The summed E-state index contributed by atoms with van der Waals surface area (Å²) in [4.78, 5) is 17.2. The number of aromatic nitrogens is 1. The molecule has 0 bridgehead atoms. The highest BCUT2D eigenvalue weighted by Gasteiger charge is 2.13. The maximum atomic E-state index is 12.2. The standard InChI is InChI=1S/C14H10Br2N2O2S/c1-2-12-18-9-5-7(3-4-10(9)20-12)17-14(19)11-6-8(15)13(16)21-11/h3-6H,2H2,1H3,(H,17,19). The first kappa shape index (κ1) is 14.7. The molecule has 0 aliphatic rings. The van der Waals surface area contributed by atoms with Gasteiger partial charge >= 0.3 is 0 Å². The lowest BCUT2D eigenvalue weighted by molar-refractivity contribution is 0.103. The van der Waals surface area contributed by atoms with Gasteiger partial charge < -0.3 is 9.73 Å². The third kappa shape index (κ3) is 3.04. The second-order valence-electron chi connectivity index (χ2n) is 4.33. The van der Waals surface area contributed by atoms with E-state index in [0.29, 0.717) is 16.5 Å². The Morgan fingerprint density at radius 2 is 2.19 bits per heavy atom. The van der Waals surface area contributed by atoms with E-state index in [1.54, 1.807) is 6.07 Å². The van der Waals surface area contributed by atoms with Crippen LogP contribution in [0.4, 0.5) is 5.69 Å². The second-order valence-corrected chi connectivity index (χ2v) is 7.55. The molecule has 1 N–H and O–H groups in total. The van der Waals surface area contributed by atoms with Gasteiger partial charge in [0.1, 0.15) is 5.52 Å². The van der Waals surface area contributed by atoms with Gasteiger partial charge in [-0.15, -0.1) is 11.3 Å². The van der Waals surface area contributed by atoms with Crippen molar-refractivity contribution in [3.05, 3.63) is 43.3 Å². The molecule has 21 heavy (non-hydrogen) atoms. The van der Waals surface area contributed by atoms with Gasteiger partial charge in [-0.1, -0.05) is 6.92 Å². The molecular formula is C14H10Br2N2O2S. The number of anilines is 1. The molecule has 0 fully saturated rings. The molecule has 0 radical (unpaired) electrons. The molecule has 3 aromatic rings. The van der Waals surface area contributed by atoms with Gasteiger partial charge in [-0.05, 0) is 56.1 Å². The number of hydrogen-bond acceptors (Lipinski definition) is 4. The van der Waals surface area contributed by atoms with E-state index in [0.717, 1.165) is 25.8 Å². The van der Waals surface area contributed by atoms with Crippen molar-refractivity contribution in [3.8, 4) is 0 Å². The zero-order valence-electron chi connectivity index (χ0n) is 10.9. The van der Waals surface area contributed by atoms with Gasteiger partial charge in [-0.3, -0.25) is 4.79 Å². The first-order valence-corrected chi connectivity index (χ1v) is 8.62. The van der Waals surface area contributed by atoms with E-state index < -0.39 is 0 Å². The van der Waals surface area contributed by atoms with Crippen LogP contribution >= 0.6 is 43.2 Å². The average Bonchev–Trinajstić information content (AvgIpc) is 3.02. The van der Waals surface area contributed by atoms with Gasteiger partial charge in [0.15, 0.2) is 11.5 Å². The quantitative estimate of drug-likeness (QED) is 0.620. The van der Waals surface area contributed by atoms with Gasteiger partial charge in [-0.25, -0.2) is 4.98 Å². The number of nitrogens with zero attached hydrogens (tertiary/aromatic N) is 1. The number of fused-ring (bicyclic) bond motifs is 1. The SMILES string of the molecule is CCc1nc2cc(NC(=O)c3cc(Br)c(Br)s3)ccc2o1. The molecule has 0 aliphatic heterocycles. The number of rotatable bonds is 3. The van der Waals surface area contributed by atoms with Crippen molar-refractivity contribution in [2.45, 2.75) is 13.3 Å². The number of carbonyl (C=O) groups is 1. The highest BCUT2D eigenvalue weighted by Crippen LogP contribution is 2.32. The predicted octanol–water partition coefficient (Wildman–Crippen LogP) is 5.23. The number of nitrogens with one attached hydrogen (secondary N) is 1. The molecule has 1 aromatic carbocycles. The molecule has 0 atom stereocenters. The Bertz CT molecular complexity index is 806. The summed E-state index contributed by atoms with van der Waals surface area (Å²) < 4.78 is 7.31. The average molecular weight is 430 g/mol. The molecule has 0 saturated carbocycles. The molecule has 0 aliphatic carbocycles. The maximum Gasteiger partial charge on any atom is 0.265 e. The number of carbonyl (C=O) groups excluding carboxylic acids is 1. The number of aryl methyl sites for hydroxylation is 1. The van der Waals surface area contributed by atoms with E-state index in [2.05, 4.69) is 42.2 Å². The largest absolute Gasteiger partial charge is 0.441 e. The number of thiophene rings is 1. The molecule has 0 saturated heterocycles. The fraction of sp³-hybridized carbons (Fsp3) is 0.143. The van der Waals surface area contributed by atoms with E-state index in [1.165, 1.54) is 11.3 Å². The summed E-state index contributed by atoms with van der Waals surface area (Å²) in [6.45, 7) is 1.99. The Balaban J connectivity index is 1.85. The Kier molecular flexibility index (Phi) is 4.14. The fourth-order valence-electron chi connectivity index (χ4n) is 1.86. The van der Waals surface area contributed by atoms with E-state index in [9.17, 15) is 4.79 Å². The molecule has 3 rings (SSSR count). The van der Waals surface area contributed by atoms with Crippen LogP contribution in [-0.4, -0.2) is 10.9 Å². The molecule has 4 nitrogen and oxygen atoms in total. The van der Waals surface area contributed by atoms with E-state index >= 15 is 0 Å². The lowest BCUT2D eigenvalue weighted by Crippen LogP contribution is -2.09. The van der Waals surface area contributed by atoms with Crippen LogP contribution in [0.3, 0.4) is 0 Å². The highest BCUT2D eigenvalue weighted by atomic mass is 79.9. The van der Waals surface area contributed by atoms with Crippen LogP contribution in [0, 0.1) is 0 Å². The van der Waals surface area contributed by atoms with Crippen molar-refractivity contribution < 1.29 is 9.21 Å². The van der Waals surface area contributed by atoms with Gasteiger partial charge in [0.05, 0.1) is 8.66 Å². The van der Waals surface area contributed by atoms with Crippen LogP contribution in [0.15, 0.2) is 36.9 Å². The van der Waals surface area contributed by atoms with Crippen molar-refractivity contribution >= 4 is 65.9 Å². The van der Waals surface area contributed by atoms with Crippen LogP contribution in [0.5, 0.6) is 0 Å². The van der Waals surface area contributed by atoms with Crippen molar-refractivity contribution in [2.75, 3.05) is 5.32 Å². The van der Waals surface area contributed by atoms with Crippen molar-refractivity contribution in [1.29, 1.82) is 0 Å². The summed E-state index contributed by atoms with van der Waals surface area (Å²) in [5, 5.41) is 2.87. The van der Waals surface area contributed by atoms with Crippen LogP contribution in [-0.2, 0) is 6.42 Å². The molecule has 7 heteroatoms. The Morgan fingerprint density at radius 3 is 2.86 bits per heavy atom. The maximum absolute atomic E-state index is 12.2. The predicted molar refractivity (Wildman–Crippen MR) is 91.1 cm³/mol. The first-order chi connectivity index (χ1) is 10.1. The third-order valence-electron chi connectivity index (χ3n) is 2.86. The number of benzene rings is 1. The van der Waals surface area contributed by atoms with Gasteiger partial charge in [-0.2, -0.15) is 0 Å². The number of halogens is 2. The molecule has 0 spiro atoms. The van der Waals surface area contributed by atoms with Crippen LogP contribution in [0.25, 0.3) is 11.1 Å². The molecule has 2 heterocycles. The minimum Gasteiger partial charge on any atom is -0.441 e. The van der Waals surface area contributed by atoms with Crippen LogP contribution in [0.1, 0.15) is 22.5 Å². The number of amides is 1. The van der Waals surface area contributed by atoms with Crippen molar-refractivity contribution in [3.63, 3.8) is 0 Å². The summed E-state index contributed by atoms with van der Waals surface area (Å²) in [6, 6.07) is 7.22. The van der Waals surface area contributed by atoms with Crippen LogP contribution in [0.2, 0.25) is 0 Å². The summed E-state index contributed by atoms with van der Waals surface area (Å²) >= 11 is 8.13. The van der Waals surface area contributed by atoms with E-state index in [4.69, 9.17) is 4.42 Å². The Morgan fingerprint density at radius 1 is 1.38 bits per heavy atom. The summed E-state index contributed by atoms with van der Waals surface area (Å²) in [6.07, 6.45) is 0.744. The van der Waals surface area contributed by atoms with Gasteiger partial charge in [0.2, 0.25) is 0 Å². The lowest BCUT2D eigenvalue weighted by Gasteiger charge is -2.02.